The van der Waals surface area contributed by atoms with Gasteiger partial charge >= 0.3 is 18.0 Å². The van der Waals surface area contributed by atoms with Crippen molar-refractivity contribution in [2.75, 3.05) is 13.2 Å². The zero-order chi connectivity index (χ0) is 21.7. The summed E-state index contributed by atoms with van der Waals surface area (Å²) in [6, 6.07) is 10.9. The van der Waals surface area contributed by atoms with Crippen LogP contribution in [0.15, 0.2) is 59.8 Å². The Bertz CT molecular complexity index is 1010. The number of hydrogen-bond acceptors (Lipinski definition) is 5. The molecule has 1 unspecified atom stereocenters. The molecule has 0 saturated carbocycles. The molecule has 1 aliphatic rings. The van der Waals surface area contributed by atoms with Crippen LogP contribution < -0.4 is 10.6 Å². The van der Waals surface area contributed by atoms with Crippen LogP contribution in [0.1, 0.15) is 28.9 Å². The van der Waals surface area contributed by atoms with E-state index in [2.05, 4.69) is 10.6 Å². The van der Waals surface area contributed by atoms with E-state index in [0.29, 0.717) is 5.56 Å². The van der Waals surface area contributed by atoms with E-state index in [9.17, 15) is 18.8 Å². The van der Waals surface area contributed by atoms with Gasteiger partial charge in [-0.2, -0.15) is 0 Å². The van der Waals surface area contributed by atoms with Crippen LogP contribution in [0.2, 0.25) is 5.02 Å². The van der Waals surface area contributed by atoms with Gasteiger partial charge in [-0.15, -0.1) is 0 Å². The van der Waals surface area contributed by atoms with Gasteiger partial charge in [-0.1, -0.05) is 41.9 Å². The highest BCUT2D eigenvalue weighted by Gasteiger charge is 2.34. The fraction of sp³-hybridized carbons (Fsp3) is 0.190. The number of halogens is 2. The molecule has 2 N–H and O–H groups in total. The van der Waals surface area contributed by atoms with Crippen LogP contribution in [0.3, 0.4) is 0 Å². The van der Waals surface area contributed by atoms with Gasteiger partial charge in [0.25, 0.3) is 0 Å². The van der Waals surface area contributed by atoms with Gasteiger partial charge in [0, 0.05) is 5.02 Å². The summed E-state index contributed by atoms with van der Waals surface area (Å²) in [5.41, 5.74) is 0.460. The standard InChI is InChI=1S/C21H18ClFN2O5/c1-2-29-20(27)17-16(11-30-19(26)14-9-8-13(22)10-15(14)23)24-21(28)25-18(17)12-6-4-3-5-7-12/h3-10,18H,2,11H2,1H3,(H2,24,25,28). The topological polar surface area (TPSA) is 93.7 Å². The molecule has 0 saturated heterocycles. The van der Waals surface area contributed by atoms with Crippen molar-refractivity contribution in [2.45, 2.75) is 13.0 Å². The highest BCUT2D eigenvalue weighted by Crippen LogP contribution is 2.28. The van der Waals surface area contributed by atoms with Crippen molar-refractivity contribution in [1.29, 1.82) is 0 Å². The molecular formula is C21H18ClFN2O5. The molecule has 2 amide bonds. The number of carbonyl (C=O) groups is 3. The average molecular weight is 433 g/mol. The molecule has 0 bridgehead atoms. The van der Waals surface area contributed by atoms with E-state index in [1.807, 2.05) is 0 Å². The van der Waals surface area contributed by atoms with Crippen molar-refractivity contribution in [1.82, 2.24) is 10.6 Å². The molecule has 2 aromatic carbocycles. The fourth-order valence-corrected chi connectivity index (χ4v) is 3.11. The Morgan fingerprint density at radius 2 is 1.83 bits per heavy atom. The summed E-state index contributed by atoms with van der Waals surface area (Å²) in [7, 11) is 0. The zero-order valence-corrected chi connectivity index (χ0v) is 16.7. The second kappa shape index (κ2) is 9.41. The summed E-state index contributed by atoms with van der Waals surface area (Å²) in [6.45, 7) is 1.29. The molecule has 1 aliphatic heterocycles. The number of ether oxygens (including phenoxy) is 2. The van der Waals surface area contributed by atoms with E-state index >= 15 is 0 Å². The summed E-state index contributed by atoms with van der Waals surface area (Å²) in [5, 5.41) is 5.27. The quantitative estimate of drug-likeness (QED) is 0.681. The fourth-order valence-electron chi connectivity index (χ4n) is 2.95. The Morgan fingerprint density at radius 3 is 2.50 bits per heavy atom. The van der Waals surface area contributed by atoms with Crippen molar-refractivity contribution >= 4 is 29.6 Å². The van der Waals surface area contributed by atoms with Gasteiger partial charge in [0.2, 0.25) is 0 Å². The summed E-state index contributed by atoms with van der Waals surface area (Å²) in [6.07, 6.45) is 0. The lowest BCUT2D eigenvalue weighted by Gasteiger charge is -2.29. The number of urea groups is 1. The lowest BCUT2D eigenvalue weighted by Crippen LogP contribution is -2.47. The summed E-state index contributed by atoms with van der Waals surface area (Å²) in [5.74, 6) is -2.49. The molecule has 2 aromatic rings. The van der Waals surface area contributed by atoms with Crippen LogP contribution >= 0.6 is 11.6 Å². The van der Waals surface area contributed by atoms with Crippen LogP contribution in [-0.2, 0) is 14.3 Å². The lowest BCUT2D eigenvalue weighted by atomic mass is 9.95. The SMILES string of the molecule is CCOC(=O)C1=C(COC(=O)c2ccc(Cl)cc2F)NC(=O)NC1c1ccccc1. The van der Waals surface area contributed by atoms with E-state index in [4.69, 9.17) is 21.1 Å². The molecule has 0 spiro atoms. The van der Waals surface area contributed by atoms with E-state index in [0.717, 1.165) is 6.07 Å². The number of esters is 2. The second-order valence-electron chi connectivity index (χ2n) is 6.26. The van der Waals surface area contributed by atoms with Gasteiger partial charge in [0.05, 0.1) is 29.5 Å². The van der Waals surface area contributed by atoms with Crippen LogP contribution in [-0.4, -0.2) is 31.2 Å². The summed E-state index contributed by atoms with van der Waals surface area (Å²) in [4.78, 5) is 37.1. The first-order valence-corrected chi connectivity index (χ1v) is 9.43. The Labute approximate surface area is 176 Å². The highest BCUT2D eigenvalue weighted by atomic mass is 35.5. The first-order valence-electron chi connectivity index (χ1n) is 9.05. The van der Waals surface area contributed by atoms with Crippen LogP contribution in [0, 0.1) is 5.82 Å². The molecule has 7 nitrogen and oxygen atoms in total. The molecule has 0 radical (unpaired) electrons. The molecule has 30 heavy (non-hydrogen) atoms. The Morgan fingerprint density at radius 1 is 1.10 bits per heavy atom. The summed E-state index contributed by atoms with van der Waals surface area (Å²) < 4.78 is 24.2. The predicted octanol–water partition coefficient (Wildman–Crippen LogP) is 3.51. The number of rotatable bonds is 6. The smallest absolute Gasteiger partial charge is 0.341 e. The minimum Gasteiger partial charge on any atom is -0.463 e. The highest BCUT2D eigenvalue weighted by molar-refractivity contribution is 6.30. The average Bonchev–Trinajstić information content (AvgIpc) is 2.72. The van der Waals surface area contributed by atoms with E-state index in [1.165, 1.54) is 12.1 Å². The maximum absolute atomic E-state index is 14.0. The van der Waals surface area contributed by atoms with Crippen LogP contribution in [0.4, 0.5) is 9.18 Å². The van der Waals surface area contributed by atoms with E-state index in [-0.39, 0.29) is 28.5 Å². The second-order valence-corrected chi connectivity index (χ2v) is 6.69. The molecule has 0 aromatic heterocycles. The monoisotopic (exact) mass is 432 g/mol. The van der Waals surface area contributed by atoms with Crippen molar-refractivity contribution in [3.05, 3.63) is 81.8 Å². The maximum Gasteiger partial charge on any atom is 0.341 e. The molecule has 3 rings (SSSR count). The minimum atomic E-state index is -0.969. The molecule has 9 heteroatoms. The van der Waals surface area contributed by atoms with Crippen molar-refractivity contribution in [3.8, 4) is 0 Å². The van der Waals surface area contributed by atoms with Crippen LogP contribution in [0.25, 0.3) is 0 Å². The Balaban J connectivity index is 1.91. The minimum absolute atomic E-state index is 0.0498. The number of benzene rings is 2. The molecule has 1 atom stereocenters. The number of hydrogen-bond donors (Lipinski definition) is 2. The third-order valence-electron chi connectivity index (χ3n) is 4.28. The largest absolute Gasteiger partial charge is 0.463 e. The number of nitrogens with one attached hydrogen (secondary N) is 2. The van der Waals surface area contributed by atoms with Gasteiger partial charge in [0.1, 0.15) is 12.4 Å². The molecule has 1 heterocycles. The molecule has 0 aliphatic carbocycles. The maximum atomic E-state index is 14.0. The Hall–Kier alpha value is -3.39. The lowest BCUT2D eigenvalue weighted by molar-refractivity contribution is -0.139. The number of carbonyl (C=O) groups excluding carboxylic acids is 3. The first kappa shape index (κ1) is 21.3. The summed E-state index contributed by atoms with van der Waals surface area (Å²) >= 11 is 5.69. The van der Waals surface area contributed by atoms with Crippen LogP contribution in [0.5, 0.6) is 0 Å². The van der Waals surface area contributed by atoms with Gasteiger partial charge in [-0.25, -0.2) is 18.8 Å². The van der Waals surface area contributed by atoms with Gasteiger partial charge in [-0.05, 0) is 30.7 Å². The van der Waals surface area contributed by atoms with Crippen molar-refractivity contribution in [3.63, 3.8) is 0 Å². The third-order valence-corrected chi connectivity index (χ3v) is 4.52. The van der Waals surface area contributed by atoms with Gasteiger partial charge in [-0.3, -0.25) is 0 Å². The van der Waals surface area contributed by atoms with Gasteiger partial charge < -0.3 is 20.1 Å². The van der Waals surface area contributed by atoms with Gasteiger partial charge in [0.15, 0.2) is 0 Å². The van der Waals surface area contributed by atoms with E-state index < -0.39 is 36.4 Å². The molecular weight excluding hydrogens is 415 g/mol. The van der Waals surface area contributed by atoms with Crippen molar-refractivity contribution in [2.24, 2.45) is 0 Å². The van der Waals surface area contributed by atoms with E-state index in [1.54, 1.807) is 37.3 Å². The molecule has 0 fully saturated rings. The predicted molar refractivity (Wildman–Crippen MR) is 106 cm³/mol. The van der Waals surface area contributed by atoms with Crippen molar-refractivity contribution < 1.29 is 28.2 Å². The third kappa shape index (κ3) is 4.77. The number of amides is 2. The first-order chi connectivity index (χ1) is 14.4. The Kier molecular flexibility index (Phi) is 6.68. The molecule has 156 valence electrons. The normalized spacial score (nSPS) is 15.8. The zero-order valence-electron chi connectivity index (χ0n) is 15.9.